The molecule has 0 saturated carbocycles. The van der Waals surface area contributed by atoms with Gasteiger partial charge < -0.3 is 5.11 Å². The van der Waals surface area contributed by atoms with Crippen molar-refractivity contribution in [3.05, 3.63) is 75.4 Å². The molecule has 0 radical (unpaired) electrons. The highest BCUT2D eigenvalue weighted by molar-refractivity contribution is 5.69. The van der Waals surface area contributed by atoms with Gasteiger partial charge in [0.05, 0.1) is 0 Å². The summed E-state index contributed by atoms with van der Waals surface area (Å²) in [5.74, 6) is -0.231. The van der Waals surface area contributed by atoms with Crippen LogP contribution in [0.5, 0.6) is 5.75 Å². The van der Waals surface area contributed by atoms with Crippen LogP contribution < -0.4 is 5.43 Å². The quantitative estimate of drug-likeness (QED) is 0.872. The molecule has 0 unspecified atom stereocenters. The molecule has 0 heterocycles. The van der Waals surface area contributed by atoms with Gasteiger partial charge in [0.25, 0.3) is 0 Å². The first-order chi connectivity index (χ1) is 8.65. The van der Waals surface area contributed by atoms with Crippen LogP contribution in [0.25, 0.3) is 12.2 Å². The molecule has 2 heteroatoms. The van der Waals surface area contributed by atoms with Gasteiger partial charge in [-0.25, -0.2) is 0 Å². The summed E-state index contributed by atoms with van der Waals surface area (Å²) in [6.07, 6.45) is 3.89. The van der Waals surface area contributed by atoms with Crippen molar-refractivity contribution in [2.75, 3.05) is 0 Å². The smallest absolute Gasteiger partial charge is 0.220 e. The fourth-order valence-electron chi connectivity index (χ4n) is 1.65. The zero-order valence-corrected chi connectivity index (χ0v) is 10.1. The number of rotatable bonds is 2. The topological polar surface area (TPSA) is 37.3 Å². The predicted octanol–water partition coefficient (Wildman–Crippen LogP) is 3.23. The summed E-state index contributed by atoms with van der Waals surface area (Å²) in [5, 5.41) is 9.29. The number of hydrogen-bond donors (Lipinski definition) is 1. The van der Waals surface area contributed by atoms with Crippen molar-refractivity contribution in [3.63, 3.8) is 0 Å². The first-order valence-electron chi connectivity index (χ1n) is 5.73. The summed E-state index contributed by atoms with van der Waals surface area (Å²) in [5.41, 5.74) is 2.81. The van der Waals surface area contributed by atoms with E-state index in [1.54, 1.807) is 12.1 Å². The first kappa shape index (κ1) is 12.1. The molecule has 0 fully saturated rings. The summed E-state index contributed by atoms with van der Waals surface area (Å²) in [6, 6.07) is 14.3. The molecular formula is C16H14O2. The van der Waals surface area contributed by atoms with Gasteiger partial charge in [0.1, 0.15) is 0 Å². The van der Waals surface area contributed by atoms with Crippen molar-refractivity contribution in [2.24, 2.45) is 0 Å². The minimum Gasteiger partial charge on any atom is -0.504 e. The Morgan fingerprint density at radius 3 is 2.44 bits per heavy atom. The SMILES string of the molecule is Cc1cccc(/C=C/c2ccc(O)c(=O)cc2)c1. The van der Waals surface area contributed by atoms with Crippen LogP contribution in [-0.4, -0.2) is 5.11 Å². The highest BCUT2D eigenvalue weighted by Gasteiger charge is 1.92. The van der Waals surface area contributed by atoms with Gasteiger partial charge in [0, 0.05) is 0 Å². The van der Waals surface area contributed by atoms with Crippen LogP contribution in [0.4, 0.5) is 0 Å². The van der Waals surface area contributed by atoms with Crippen LogP contribution in [0.15, 0.2) is 53.3 Å². The molecule has 0 amide bonds. The molecule has 2 aromatic rings. The fourth-order valence-corrected chi connectivity index (χ4v) is 1.65. The van der Waals surface area contributed by atoms with Gasteiger partial charge in [-0.1, -0.05) is 54.1 Å². The molecule has 0 bridgehead atoms. The van der Waals surface area contributed by atoms with Gasteiger partial charge in [0.2, 0.25) is 5.43 Å². The van der Waals surface area contributed by atoms with Crippen LogP contribution in [0.3, 0.4) is 0 Å². The van der Waals surface area contributed by atoms with E-state index in [4.69, 9.17) is 0 Å². The third-order valence-electron chi connectivity index (χ3n) is 2.62. The molecule has 2 rings (SSSR count). The summed E-state index contributed by atoms with van der Waals surface area (Å²) < 4.78 is 0. The molecule has 1 N–H and O–H groups in total. The Kier molecular flexibility index (Phi) is 3.58. The molecule has 0 spiro atoms. The van der Waals surface area contributed by atoms with E-state index in [-0.39, 0.29) is 11.2 Å². The van der Waals surface area contributed by atoms with E-state index in [0.717, 1.165) is 11.1 Å². The molecule has 0 saturated heterocycles. The van der Waals surface area contributed by atoms with Crippen molar-refractivity contribution in [2.45, 2.75) is 6.92 Å². The van der Waals surface area contributed by atoms with E-state index < -0.39 is 0 Å². The highest BCUT2D eigenvalue weighted by atomic mass is 16.3. The Hall–Kier alpha value is -2.35. The number of benzene rings is 1. The number of hydrogen-bond acceptors (Lipinski definition) is 2. The van der Waals surface area contributed by atoms with E-state index >= 15 is 0 Å². The largest absolute Gasteiger partial charge is 0.504 e. The molecule has 0 aliphatic heterocycles. The van der Waals surface area contributed by atoms with E-state index in [1.165, 1.54) is 17.7 Å². The van der Waals surface area contributed by atoms with Gasteiger partial charge in [-0.05, 0) is 30.2 Å². The Bertz CT molecular complexity index is 643. The van der Waals surface area contributed by atoms with Gasteiger partial charge in [-0.3, -0.25) is 4.79 Å². The molecule has 0 atom stereocenters. The van der Waals surface area contributed by atoms with E-state index in [0.29, 0.717) is 0 Å². The Labute approximate surface area is 106 Å². The zero-order valence-electron chi connectivity index (χ0n) is 10.1. The van der Waals surface area contributed by atoms with Crippen molar-refractivity contribution in [3.8, 4) is 5.75 Å². The molecule has 2 nitrogen and oxygen atoms in total. The lowest BCUT2D eigenvalue weighted by molar-refractivity contribution is 0.471. The van der Waals surface area contributed by atoms with Crippen molar-refractivity contribution in [1.29, 1.82) is 0 Å². The molecule has 0 aliphatic rings. The summed E-state index contributed by atoms with van der Waals surface area (Å²) in [4.78, 5) is 11.2. The van der Waals surface area contributed by atoms with Crippen LogP contribution in [-0.2, 0) is 0 Å². The van der Waals surface area contributed by atoms with Crippen LogP contribution in [0, 0.1) is 6.92 Å². The maximum atomic E-state index is 11.2. The Balaban J connectivity index is 2.30. The predicted molar refractivity (Wildman–Crippen MR) is 74.5 cm³/mol. The van der Waals surface area contributed by atoms with Gasteiger partial charge in [0.15, 0.2) is 5.75 Å². The molecule has 18 heavy (non-hydrogen) atoms. The highest BCUT2D eigenvalue weighted by Crippen LogP contribution is 2.10. The lowest BCUT2D eigenvalue weighted by Gasteiger charge is -1.95. The van der Waals surface area contributed by atoms with Crippen LogP contribution in [0.2, 0.25) is 0 Å². The van der Waals surface area contributed by atoms with Gasteiger partial charge >= 0.3 is 0 Å². The second-order valence-electron chi connectivity index (χ2n) is 4.16. The summed E-state index contributed by atoms with van der Waals surface area (Å²) in [7, 11) is 0. The molecule has 90 valence electrons. The molecule has 2 aromatic carbocycles. The third-order valence-corrected chi connectivity index (χ3v) is 2.62. The Morgan fingerprint density at radius 1 is 0.944 bits per heavy atom. The maximum absolute atomic E-state index is 11.2. The van der Waals surface area contributed by atoms with Crippen LogP contribution in [0.1, 0.15) is 16.7 Å². The molecular weight excluding hydrogens is 224 g/mol. The second-order valence-corrected chi connectivity index (χ2v) is 4.16. The van der Waals surface area contributed by atoms with E-state index in [9.17, 15) is 9.90 Å². The van der Waals surface area contributed by atoms with Crippen molar-refractivity contribution in [1.82, 2.24) is 0 Å². The minimum absolute atomic E-state index is 0.231. The lowest BCUT2D eigenvalue weighted by Crippen LogP contribution is -1.91. The van der Waals surface area contributed by atoms with Crippen molar-refractivity contribution >= 4 is 12.2 Å². The van der Waals surface area contributed by atoms with Gasteiger partial charge in [-0.2, -0.15) is 0 Å². The van der Waals surface area contributed by atoms with Gasteiger partial charge in [-0.15, -0.1) is 0 Å². The monoisotopic (exact) mass is 238 g/mol. The standard InChI is InChI=1S/C16H14O2/c1-12-3-2-4-14(11-12)6-5-13-7-9-15(17)16(18)10-8-13/h2-11H,1H3,(H,17,18)/b6-5+. The minimum atomic E-state index is -0.370. The maximum Gasteiger partial charge on any atom is 0.220 e. The zero-order chi connectivity index (χ0) is 13.0. The third kappa shape index (κ3) is 3.08. The Morgan fingerprint density at radius 2 is 1.67 bits per heavy atom. The average molecular weight is 238 g/mol. The van der Waals surface area contributed by atoms with Crippen LogP contribution >= 0.6 is 0 Å². The number of aryl methyl sites for hydroxylation is 1. The van der Waals surface area contributed by atoms with E-state index in [1.807, 2.05) is 37.3 Å². The second kappa shape index (κ2) is 5.32. The fraction of sp³-hybridized carbons (Fsp3) is 0.0625. The summed E-state index contributed by atoms with van der Waals surface area (Å²) >= 11 is 0. The molecule has 0 aromatic heterocycles. The van der Waals surface area contributed by atoms with E-state index in [2.05, 4.69) is 6.07 Å². The lowest BCUT2D eigenvalue weighted by atomic mass is 10.1. The normalized spacial score (nSPS) is 10.7. The van der Waals surface area contributed by atoms with Crippen molar-refractivity contribution < 1.29 is 5.11 Å². The number of aromatic hydroxyl groups is 1. The first-order valence-corrected chi connectivity index (χ1v) is 5.73. The average Bonchev–Trinajstić information content (AvgIpc) is 2.51. The summed E-state index contributed by atoms with van der Waals surface area (Å²) in [6.45, 7) is 2.04. The molecule has 0 aliphatic carbocycles.